The summed E-state index contributed by atoms with van der Waals surface area (Å²) < 4.78 is 0. The molecule has 0 aliphatic heterocycles. The molecule has 22 heavy (non-hydrogen) atoms. The van der Waals surface area contributed by atoms with Gasteiger partial charge in [0.05, 0.1) is 6.04 Å². The first-order valence-electron chi connectivity index (χ1n) is 8.14. The molecule has 7 heteroatoms. The zero-order valence-corrected chi connectivity index (χ0v) is 14.1. The standard InChI is InChI=1S/C15H31NO5.ClH/c1-2-3-4-5-6-7-8-9-16-10-11(17)13(19)15(21)14(20)12(10)18;/h10-21H,2-9H2,1H3;1H/t10?,11-,12-,13-,14+,15?;/m0./s1. The number of hydrogen-bond acceptors (Lipinski definition) is 6. The number of hydrogen-bond donors (Lipinski definition) is 6. The fourth-order valence-corrected chi connectivity index (χ4v) is 2.83. The van der Waals surface area contributed by atoms with Crippen molar-refractivity contribution in [2.24, 2.45) is 0 Å². The van der Waals surface area contributed by atoms with Crippen molar-refractivity contribution in [1.29, 1.82) is 0 Å². The normalized spacial score (nSPS) is 35.2. The predicted octanol–water partition coefficient (Wildman–Crippen LogP) is -0.0649. The number of unbranched alkanes of at least 4 members (excludes halogenated alkanes) is 6. The molecule has 0 spiro atoms. The van der Waals surface area contributed by atoms with Gasteiger partial charge in [-0.15, -0.1) is 12.4 Å². The smallest absolute Gasteiger partial charge is 0.111 e. The molecule has 0 amide bonds. The van der Waals surface area contributed by atoms with Gasteiger partial charge in [0.1, 0.15) is 30.5 Å². The first-order chi connectivity index (χ1) is 10.0. The Kier molecular flexibility index (Phi) is 11.6. The largest absolute Gasteiger partial charge is 0.389 e. The minimum atomic E-state index is -1.52. The predicted molar refractivity (Wildman–Crippen MR) is 87.1 cm³/mol. The van der Waals surface area contributed by atoms with E-state index in [1.165, 1.54) is 32.1 Å². The summed E-state index contributed by atoms with van der Waals surface area (Å²) in [7, 11) is 0. The Morgan fingerprint density at radius 3 is 1.55 bits per heavy atom. The van der Waals surface area contributed by atoms with Crippen LogP contribution < -0.4 is 5.32 Å². The van der Waals surface area contributed by atoms with Crippen LogP contribution in [0.25, 0.3) is 0 Å². The molecular formula is C15H32ClNO5. The highest BCUT2D eigenvalue weighted by Crippen LogP contribution is 2.21. The quantitative estimate of drug-likeness (QED) is 0.327. The summed E-state index contributed by atoms with van der Waals surface area (Å²) in [5, 5.41) is 51.4. The van der Waals surface area contributed by atoms with Crippen LogP contribution in [0.15, 0.2) is 0 Å². The average Bonchev–Trinajstić information content (AvgIpc) is 2.49. The molecular weight excluding hydrogens is 310 g/mol. The summed E-state index contributed by atoms with van der Waals surface area (Å²) in [4.78, 5) is 0. The number of aliphatic hydroxyl groups excluding tert-OH is 5. The van der Waals surface area contributed by atoms with E-state index in [0.29, 0.717) is 6.54 Å². The minimum absolute atomic E-state index is 0. The van der Waals surface area contributed by atoms with Crippen LogP contribution in [0.5, 0.6) is 0 Å². The van der Waals surface area contributed by atoms with E-state index in [9.17, 15) is 25.5 Å². The first-order valence-corrected chi connectivity index (χ1v) is 8.14. The summed E-state index contributed by atoms with van der Waals surface area (Å²) in [5.41, 5.74) is 0. The van der Waals surface area contributed by atoms with Gasteiger partial charge in [0.15, 0.2) is 0 Å². The van der Waals surface area contributed by atoms with Crippen LogP contribution in [0.3, 0.4) is 0 Å². The Balaban J connectivity index is 0.00000441. The highest BCUT2D eigenvalue weighted by molar-refractivity contribution is 5.85. The molecule has 0 bridgehead atoms. The average molecular weight is 342 g/mol. The van der Waals surface area contributed by atoms with Gasteiger partial charge >= 0.3 is 0 Å². The molecule has 6 atom stereocenters. The Morgan fingerprint density at radius 2 is 1.05 bits per heavy atom. The van der Waals surface area contributed by atoms with Crippen molar-refractivity contribution >= 4 is 12.4 Å². The van der Waals surface area contributed by atoms with Crippen molar-refractivity contribution in [3.05, 3.63) is 0 Å². The van der Waals surface area contributed by atoms with Gasteiger partial charge in [-0.25, -0.2) is 0 Å². The molecule has 0 radical (unpaired) electrons. The van der Waals surface area contributed by atoms with E-state index in [1.807, 2.05) is 0 Å². The molecule has 6 nitrogen and oxygen atoms in total. The monoisotopic (exact) mass is 341 g/mol. The van der Waals surface area contributed by atoms with E-state index in [1.54, 1.807) is 0 Å². The maximum atomic E-state index is 9.85. The van der Waals surface area contributed by atoms with Crippen LogP contribution >= 0.6 is 12.4 Å². The third-order valence-electron chi connectivity index (χ3n) is 4.30. The lowest BCUT2D eigenvalue weighted by Crippen LogP contribution is -2.67. The summed E-state index contributed by atoms with van der Waals surface area (Å²) in [6.07, 6.45) is 1.16. The highest BCUT2D eigenvalue weighted by atomic mass is 35.5. The fourth-order valence-electron chi connectivity index (χ4n) is 2.83. The van der Waals surface area contributed by atoms with Gasteiger partial charge in [0, 0.05) is 0 Å². The van der Waals surface area contributed by atoms with E-state index in [4.69, 9.17) is 0 Å². The Morgan fingerprint density at radius 1 is 0.636 bits per heavy atom. The van der Waals surface area contributed by atoms with E-state index in [-0.39, 0.29) is 12.4 Å². The summed E-state index contributed by atoms with van der Waals surface area (Å²) in [6.45, 7) is 2.78. The Labute approximate surface area is 139 Å². The lowest BCUT2D eigenvalue weighted by molar-refractivity contribution is -0.190. The lowest BCUT2D eigenvalue weighted by Gasteiger charge is -2.42. The molecule has 2 unspecified atom stereocenters. The minimum Gasteiger partial charge on any atom is -0.389 e. The van der Waals surface area contributed by atoms with Crippen LogP contribution in [-0.2, 0) is 0 Å². The highest BCUT2D eigenvalue weighted by Gasteiger charge is 2.47. The van der Waals surface area contributed by atoms with Gasteiger partial charge in [-0.3, -0.25) is 0 Å². The van der Waals surface area contributed by atoms with Crippen LogP contribution in [-0.4, -0.2) is 68.6 Å². The number of nitrogens with one attached hydrogen (secondary N) is 1. The molecule has 0 aromatic carbocycles. The van der Waals surface area contributed by atoms with Crippen LogP contribution in [0.4, 0.5) is 0 Å². The molecule has 134 valence electrons. The zero-order chi connectivity index (χ0) is 15.8. The zero-order valence-electron chi connectivity index (χ0n) is 13.3. The van der Waals surface area contributed by atoms with Crippen molar-refractivity contribution in [3.8, 4) is 0 Å². The maximum absolute atomic E-state index is 9.85. The van der Waals surface area contributed by atoms with E-state index >= 15 is 0 Å². The van der Waals surface area contributed by atoms with Crippen molar-refractivity contribution in [2.75, 3.05) is 6.54 Å². The SMILES string of the molecule is CCCCCCCCCNC1[C@H](O)[C@H](O)C(O)[C@H](O)[C@H]1O.Cl. The first kappa shape index (κ1) is 22.1. The van der Waals surface area contributed by atoms with E-state index in [2.05, 4.69) is 12.2 Å². The number of aliphatic hydroxyl groups is 5. The van der Waals surface area contributed by atoms with Crippen molar-refractivity contribution in [2.45, 2.75) is 88.4 Å². The molecule has 1 aliphatic rings. The second-order valence-corrected chi connectivity index (χ2v) is 6.05. The molecule has 1 rings (SSSR count). The van der Waals surface area contributed by atoms with Gasteiger partial charge in [0.25, 0.3) is 0 Å². The number of halogens is 1. The molecule has 0 heterocycles. The molecule has 1 saturated carbocycles. The molecule has 0 aromatic heterocycles. The molecule has 1 fully saturated rings. The fraction of sp³-hybridized carbons (Fsp3) is 1.00. The summed E-state index contributed by atoms with van der Waals surface area (Å²) in [6, 6.07) is -0.821. The Hall–Kier alpha value is 0.0500. The molecule has 1 aliphatic carbocycles. The summed E-state index contributed by atoms with van der Waals surface area (Å²) in [5.74, 6) is 0. The second kappa shape index (κ2) is 11.6. The molecule has 0 saturated heterocycles. The third-order valence-corrected chi connectivity index (χ3v) is 4.30. The van der Waals surface area contributed by atoms with Gasteiger partial charge in [0.2, 0.25) is 0 Å². The van der Waals surface area contributed by atoms with Gasteiger partial charge in [-0.05, 0) is 13.0 Å². The van der Waals surface area contributed by atoms with Crippen molar-refractivity contribution in [3.63, 3.8) is 0 Å². The van der Waals surface area contributed by atoms with Gasteiger partial charge in [-0.1, -0.05) is 45.4 Å². The topological polar surface area (TPSA) is 113 Å². The Bertz CT molecular complexity index is 269. The van der Waals surface area contributed by atoms with Crippen LogP contribution in [0.2, 0.25) is 0 Å². The van der Waals surface area contributed by atoms with Crippen LogP contribution in [0.1, 0.15) is 51.9 Å². The van der Waals surface area contributed by atoms with E-state index < -0.39 is 36.6 Å². The van der Waals surface area contributed by atoms with Crippen LogP contribution in [0, 0.1) is 0 Å². The van der Waals surface area contributed by atoms with Gasteiger partial charge < -0.3 is 30.8 Å². The van der Waals surface area contributed by atoms with Crippen molar-refractivity contribution < 1.29 is 25.5 Å². The maximum Gasteiger partial charge on any atom is 0.111 e. The third kappa shape index (κ3) is 6.28. The molecule has 6 N–H and O–H groups in total. The second-order valence-electron chi connectivity index (χ2n) is 6.05. The van der Waals surface area contributed by atoms with E-state index in [0.717, 1.165) is 12.8 Å². The lowest BCUT2D eigenvalue weighted by atomic mass is 9.83. The van der Waals surface area contributed by atoms with Gasteiger partial charge in [-0.2, -0.15) is 0 Å². The molecule has 0 aromatic rings. The summed E-state index contributed by atoms with van der Waals surface area (Å²) >= 11 is 0. The number of rotatable bonds is 9. The van der Waals surface area contributed by atoms with Crippen molar-refractivity contribution in [1.82, 2.24) is 5.32 Å².